The lowest BCUT2D eigenvalue weighted by atomic mass is 10.0. The van der Waals surface area contributed by atoms with Gasteiger partial charge in [0.15, 0.2) is 6.61 Å². The molecule has 0 saturated heterocycles. The number of rotatable bonds is 7. The third-order valence-electron chi connectivity index (χ3n) is 5.41. The molecule has 0 spiro atoms. The Hall–Kier alpha value is -2.45. The number of ether oxygens (including phenoxy) is 1. The monoisotopic (exact) mass is 538 g/mol. The van der Waals surface area contributed by atoms with E-state index < -0.39 is 10.0 Å². The van der Waals surface area contributed by atoms with Crippen LogP contribution in [0.2, 0.25) is 15.1 Å². The fourth-order valence-corrected chi connectivity index (χ4v) is 6.03. The van der Waals surface area contributed by atoms with Crippen molar-refractivity contribution in [2.75, 3.05) is 17.5 Å². The maximum atomic E-state index is 13.3. The first-order chi connectivity index (χ1) is 16.3. The summed E-state index contributed by atoms with van der Waals surface area (Å²) in [5, 5.41) is 3.75. The number of amides is 1. The van der Waals surface area contributed by atoms with E-state index in [1.54, 1.807) is 24.3 Å². The number of aryl methyl sites for hydroxylation is 1. The van der Waals surface area contributed by atoms with Gasteiger partial charge in [-0.2, -0.15) is 0 Å². The van der Waals surface area contributed by atoms with Crippen molar-refractivity contribution in [1.82, 2.24) is 5.32 Å². The summed E-state index contributed by atoms with van der Waals surface area (Å²) in [6, 6.07) is 16.7. The van der Waals surface area contributed by atoms with E-state index in [0.717, 1.165) is 18.4 Å². The molecular weight excluding hydrogens is 519 g/mol. The van der Waals surface area contributed by atoms with E-state index in [-0.39, 0.29) is 34.7 Å². The third-order valence-corrected chi connectivity index (χ3v) is 8.10. The summed E-state index contributed by atoms with van der Waals surface area (Å²) < 4.78 is 33.5. The van der Waals surface area contributed by atoms with Gasteiger partial charge in [0.2, 0.25) is 0 Å². The largest absolute Gasteiger partial charge is 0.482 e. The lowest BCUT2D eigenvalue weighted by Crippen LogP contribution is -2.35. The molecule has 34 heavy (non-hydrogen) atoms. The zero-order chi connectivity index (χ0) is 24.3. The standard InChI is InChI=1S/C24H21Cl3N2O4S/c25-18-8-7-17(20(26)12-18)14-28-24(30)15-33-23-10-9-19(13-21(23)27)34(31,32)29-11-3-5-16-4-1-2-6-22(16)29/h1-2,4,6-10,12-13H,3,5,11,14-15H2,(H,28,30). The van der Waals surface area contributed by atoms with Crippen molar-refractivity contribution in [1.29, 1.82) is 0 Å². The predicted molar refractivity (Wildman–Crippen MR) is 135 cm³/mol. The number of benzene rings is 3. The van der Waals surface area contributed by atoms with E-state index in [0.29, 0.717) is 27.8 Å². The van der Waals surface area contributed by atoms with Gasteiger partial charge in [0.05, 0.1) is 15.6 Å². The summed E-state index contributed by atoms with van der Waals surface area (Å²) in [4.78, 5) is 12.2. The molecule has 4 rings (SSSR count). The fraction of sp³-hybridized carbons (Fsp3) is 0.208. The molecule has 3 aromatic carbocycles. The number of anilines is 1. The number of carbonyl (C=O) groups is 1. The van der Waals surface area contributed by atoms with Crippen LogP contribution < -0.4 is 14.4 Å². The molecule has 6 nitrogen and oxygen atoms in total. The number of fused-ring (bicyclic) bond motifs is 1. The molecule has 1 amide bonds. The molecule has 1 heterocycles. The smallest absolute Gasteiger partial charge is 0.264 e. The molecule has 178 valence electrons. The third kappa shape index (κ3) is 5.44. The van der Waals surface area contributed by atoms with Crippen LogP contribution in [0.15, 0.2) is 65.6 Å². The predicted octanol–water partition coefficient (Wildman–Crippen LogP) is 5.48. The van der Waals surface area contributed by atoms with Gasteiger partial charge >= 0.3 is 0 Å². The lowest BCUT2D eigenvalue weighted by Gasteiger charge is -2.30. The number of hydrogen-bond acceptors (Lipinski definition) is 4. The van der Waals surface area contributed by atoms with Gasteiger partial charge in [-0.1, -0.05) is 59.1 Å². The first-order valence-electron chi connectivity index (χ1n) is 10.5. The Morgan fingerprint density at radius 2 is 1.79 bits per heavy atom. The van der Waals surface area contributed by atoms with Gasteiger partial charge in [-0.15, -0.1) is 0 Å². The first-order valence-corrected chi connectivity index (χ1v) is 13.1. The van der Waals surface area contributed by atoms with Crippen LogP contribution in [-0.4, -0.2) is 27.5 Å². The van der Waals surface area contributed by atoms with Crippen molar-refractivity contribution < 1.29 is 17.9 Å². The topological polar surface area (TPSA) is 75.7 Å². The minimum atomic E-state index is -3.80. The summed E-state index contributed by atoms with van der Waals surface area (Å²) in [6.07, 6.45) is 1.57. The van der Waals surface area contributed by atoms with Gasteiger partial charge in [0.25, 0.3) is 15.9 Å². The highest BCUT2D eigenvalue weighted by molar-refractivity contribution is 7.92. The molecular formula is C24H21Cl3N2O4S. The average molecular weight is 540 g/mol. The van der Waals surface area contributed by atoms with Gasteiger partial charge in [-0.25, -0.2) is 8.42 Å². The van der Waals surface area contributed by atoms with Gasteiger partial charge in [0.1, 0.15) is 5.75 Å². The van der Waals surface area contributed by atoms with Crippen molar-refractivity contribution in [3.8, 4) is 5.75 Å². The zero-order valence-electron chi connectivity index (χ0n) is 17.9. The van der Waals surface area contributed by atoms with Crippen LogP contribution in [0.25, 0.3) is 0 Å². The summed E-state index contributed by atoms with van der Waals surface area (Å²) in [6.45, 7) is 0.309. The number of sulfonamides is 1. The highest BCUT2D eigenvalue weighted by atomic mass is 35.5. The number of hydrogen-bond donors (Lipinski definition) is 1. The Labute approximate surface area is 213 Å². The summed E-state index contributed by atoms with van der Waals surface area (Å²) in [5.41, 5.74) is 2.39. The number of carbonyl (C=O) groups excluding carboxylic acids is 1. The quantitative estimate of drug-likeness (QED) is 0.431. The minimum absolute atomic E-state index is 0.0587. The highest BCUT2D eigenvalue weighted by Gasteiger charge is 2.29. The number of nitrogens with one attached hydrogen (secondary N) is 1. The van der Waals surface area contributed by atoms with Gasteiger partial charge in [-0.3, -0.25) is 9.10 Å². The minimum Gasteiger partial charge on any atom is -0.482 e. The summed E-state index contributed by atoms with van der Waals surface area (Å²) >= 11 is 18.3. The molecule has 1 aliphatic rings. The Morgan fingerprint density at radius 3 is 2.56 bits per heavy atom. The number of nitrogens with zero attached hydrogens (tertiary/aromatic N) is 1. The average Bonchev–Trinajstić information content (AvgIpc) is 2.82. The molecule has 0 fully saturated rings. The zero-order valence-corrected chi connectivity index (χ0v) is 21.0. The number of halogens is 3. The summed E-state index contributed by atoms with van der Waals surface area (Å²) in [7, 11) is -3.80. The van der Waals surface area contributed by atoms with Crippen molar-refractivity contribution in [3.63, 3.8) is 0 Å². The maximum Gasteiger partial charge on any atom is 0.264 e. The molecule has 0 saturated carbocycles. The molecule has 0 radical (unpaired) electrons. The molecule has 0 bridgehead atoms. The molecule has 0 atom stereocenters. The maximum absolute atomic E-state index is 13.3. The van der Waals surface area contributed by atoms with Crippen molar-refractivity contribution in [2.24, 2.45) is 0 Å². The Balaban J connectivity index is 1.41. The molecule has 1 aliphatic heterocycles. The Kier molecular flexibility index (Phi) is 7.57. The molecule has 0 aliphatic carbocycles. The SMILES string of the molecule is O=C(COc1ccc(S(=O)(=O)N2CCCc3ccccc32)cc1Cl)NCc1ccc(Cl)cc1Cl. The Morgan fingerprint density at radius 1 is 1.00 bits per heavy atom. The van der Waals surface area contributed by atoms with E-state index in [9.17, 15) is 13.2 Å². The van der Waals surface area contributed by atoms with E-state index in [1.165, 1.54) is 22.5 Å². The molecule has 0 aromatic heterocycles. The normalized spacial score (nSPS) is 13.3. The first kappa shape index (κ1) is 24.7. The Bertz CT molecular complexity index is 1330. The van der Waals surface area contributed by atoms with E-state index in [4.69, 9.17) is 39.5 Å². The molecule has 0 unspecified atom stereocenters. The van der Waals surface area contributed by atoms with E-state index in [2.05, 4.69) is 5.32 Å². The highest BCUT2D eigenvalue weighted by Crippen LogP contribution is 2.34. The van der Waals surface area contributed by atoms with Crippen LogP contribution >= 0.6 is 34.8 Å². The van der Waals surface area contributed by atoms with Crippen LogP contribution in [0.1, 0.15) is 17.5 Å². The second kappa shape index (κ2) is 10.4. The van der Waals surface area contributed by atoms with Crippen LogP contribution in [-0.2, 0) is 27.8 Å². The fourth-order valence-electron chi connectivity index (χ4n) is 3.69. The van der Waals surface area contributed by atoms with Crippen molar-refractivity contribution in [3.05, 3.63) is 86.9 Å². The van der Waals surface area contributed by atoms with Crippen molar-refractivity contribution >= 4 is 56.4 Å². The van der Waals surface area contributed by atoms with Gasteiger partial charge in [0, 0.05) is 23.1 Å². The van der Waals surface area contributed by atoms with Crippen LogP contribution in [0, 0.1) is 0 Å². The van der Waals surface area contributed by atoms with E-state index in [1.807, 2.05) is 18.2 Å². The molecule has 1 N–H and O–H groups in total. The number of para-hydroxylation sites is 1. The molecule has 10 heteroatoms. The van der Waals surface area contributed by atoms with Gasteiger partial charge in [-0.05, 0) is 60.4 Å². The molecule has 3 aromatic rings. The van der Waals surface area contributed by atoms with E-state index >= 15 is 0 Å². The lowest BCUT2D eigenvalue weighted by molar-refractivity contribution is -0.123. The second-order valence-electron chi connectivity index (χ2n) is 7.70. The van der Waals surface area contributed by atoms with Gasteiger partial charge < -0.3 is 10.1 Å². The van der Waals surface area contributed by atoms with Crippen LogP contribution in [0.5, 0.6) is 5.75 Å². The van der Waals surface area contributed by atoms with Crippen LogP contribution in [0.4, 0.5) is 5.69 Å². The van der Waals surface area contributed by atoms with Crippen LogP contribution in [0.3, 0.4) is 0 Å². The van der Waals surface area contributed by atoms with Crippen molar-refractivity contribution in [2.45, 2.75) is 24.3 Å². The second-order valence-corrected chi connectivity index (χ2v) is 10.8. The summed E-state index contributed by atoms with van der Waals surface area (Å²) in [5.74, 6) is -0.178.